The van der Waals surface area contributed by atoms with Crippen molar-refractivity contribution in [2.45, 2.75) is 5.03 Å². The molecule has 0 N–H and O–H groups in total. The van der Waals surface area contributed by atoms with Gasteiger partial charge in [-0.05, 0) is 12.1 Å². The Bertz CT molecular complexity index is 577. The van der Waals surface area contributed by atoms with Gasteiger partial charge in [0.25, 0.3) is 0 Å². The van der Waals surface area contributed by atoms with E-state index >= 15 is 0 Å². The number of fused-ring (bicyclic) bond motifs is 1. The Kier molecular flexibility index (Phi) is 2.67. The van der Waals surface area contributed by atoms with Crippen LogP contribution in [0.5, 0.6) is 0 Å². The molecule has 0 radical (unpaired) electrons. The molecule has 0 aromatic carbocycles. The Labute approximate surface area is 92.4 Å². The summed E-state index contributed by atoms with van der Waals surface area (Å²) in [5.74, 6) is 0.0271. The van der Waals surface area contributed by atoms with E-state index in [1.807, 2.05) is 0 Å². The number of hydrogen-bond donors (Lipinski definition) is 0. The molecule has 2 aromatic heterocycles. The molecule has 0 aliphatic carbocycles. The van der Waals surface area contributed by atoms with E-state index in [0.29, 0.717) is 5.65 Å². The summed E-state index contributed by atoms with van der Waals surface area (Å²) in [6.07, 6.45) is 3.19. The first kappa shape index (κ1) is 10.4. The first-order valence-electron chi connectivity index (χ1n) is 4.36. The van der Waals surface area contributed by atoms with Crippen LogP contribution in [0.15, 0.2) is 35.6 Å². The van der Waals surface area contributed by atoms with Crippen molar-refractivity contribution in [1.29, 1.82) is 0 Å². The van der Waals surface area contributed by atoms with Crippen LogP contribution in [0.25, 0.3) is 5.65 Å². The van der Waals surface area contributed by atoms with Crippen molar-refractivity contribution in [3.8, 4) is 0 Å². The highest BCUT2D eigenvalue weighted by molar-refractivity contribution is 7.91. The van der Waals surface area contributed by atoms with Gasteiger partial charge in [-0.3, -0.25) is 4.40 Å². The summed E-state index contributed by atoms with van der Waals surface area (Å²) in [7, 11) is -3.32. The fourth-order valence-electron chi connectivity index (χ4n) is 1.38. The number of halogens is 1. The first-order valence-corrected chi connectivity index (χ1v) is 6.54. The van der Waals surface area contributed by atoms with E-state index in [0.717, 1.165) is 0 Å². The van der Waals surface area contributed by atoms with Gasteiger partial charge >= 0.3 is 0 Å². The van der Waals surface area contributed by atoms with Gasteiger partial charge < -0.3 is 0 Å². The minimum absolute atomic E-state index is 0.0636. The molecule has 0 aliphatic rings. The van der Waals surface area contributed by atoms with Crippen LogP contribution in [0.1, 0.15) is 0 Å². The molecular weight excluding hydrogens is 236 g/mol. The lowest BCUT2D eigenvalue weighted by Gasteiger charge is -2.04. The number of aromatic nitrogens is 2. The molecule has 0 unspecified atom stereocenters. The molecule has 2 aromatic rings. The third-order valence-electron chi connectivity index (χ3n) is 2.06. The van der Waals surface area contributed by atoms with Gasteiger partial charge in [0.05, 0.1) is 5.75 Å². The zero-order valence-electron chi connectivity index (χ0n) is 7.80. The van der Waals surface area contributed by atoms with E-state index in [1.165, 1.54) is 0 Å². The van der Waals surface area contributed by atoms with Crippen molar-refractivity contribution >= 4 is 27.1 Å². The molecule has 0 atom stereocenters. The van der Waals surface area contributed by atoms with E-state index in [4.69, 9.17) is 11.6 Å². The summed E-state index contributed by atoms with van der Waals surface area (Å²) < 4.78 is 25.2. The molecule has 0 aliphatic heterocycles. The zero-order chi connectivity index (χ0) is 10.9. The molecule has 0 bridgehead atoms. The quantitative estimate of drug-likeness (QED) is 0.766. The van der Waals surface area contributed by atoms with Gasteiger partial charge in [0.2, 0.25) is 0 Å². The minimum Gasteiger partial charge on any atom is -0.290 e. The summed E-state index contributed by atoms with van der Waals surface area (Å²) >= 11 is 5.46. The predicted molar refractivity (Wildman–Crippen MR) is 58.0 cm³/mol. The normalized spacial score (nSPS) is 12.1. The Hall–Kier alpha value is -1.07. The molecule has 15 heavy (non-hydrogen) atoms. The second kappa shape index (κ2) is 3.83. The van der Waals surface area contributed by atoms with Crippen LogP contribution in [-0.4, -0.2) is 29.4 Å². The van der Waals surface area contributed by atoms with E-state index in [1.54, 1.807) is 35.0 Å². The van der Waals surface area contributed by atoms with Crippen LogP contribution in [0.4, 0.5) is 0 Å². The van der Waals surface area contributed by atoms with Crippen molar-refractivity contribution in [2.75, 3.05) is 11.6 Å². The lowest BCUT2D eigenvalue weighted by atomic mass is 10.5. The SMILES string of the molecule is O=S(=O)(CCCl)c1cccc2nccn12. The van der Waals surface area contributed by atoms with Gasteiger partial charge in [0, 0.05) is 18.3 Å². The van der Waals surface area contributed by atoms with E-state index in [2.05, 4.69) is 4.98 Å². The van der Waals surface area contributed by atoms with Crippen LogP contribution in [-0.2, 0) is 9.84 Å². The highest BCUT2D eigenvalue weighted by atomic mass is 35.5. The zero-order valence-corrected chi connectivity index (χ0v) is 9.37. The number of pyridine rings is 1. The summed E-state index contributed by atoms with van der Waals surface area (Å²) in [6, 6.07) is 4.97. The topological polar surface area (TPSA) is 51.4 Å². The third kappa shape index (κ3) is 1.85. The van der Waals surface area contributed by atoms with Crippen molar-refractivity contribution in [2.24, 2.45) is 0 Å². The second-order valence-corrected chi connectivity index (χ2v) is 5.46. The molecule has 80 valence electrons. The van der Waals surface area contributed by atoms with Crippen molar-refractivity contribution in [3.05, 3.63) is 30.6 Å². The number of imidazole rings is 1. The molecular formula is C9H9ClN2O2S. The number of hydrogen-bond acceptors (Lipinski definition) is 3. The monoisotopic (exact) mass is 244 g/mol. The Morgan fingerprint density at radius 2 is 2.20 bits per heavy atom. The molecule has 0 fully saturated rings. The van der Waals surface area contributed by atoms with Crippen molar-refractivity contribution in [3.63, 3.8) is 0 Å². The number of nitrogens with zero attached hydrogens (tertiary/aromatic N) is 2. The number of sulfone groups is 1. The van der Waals surface area contributed by atoms with Gasteiger partial charge in [-0.15, -0.1) is 11.6 Å². The summed E-state index contributed by atoms with van der Waals surface area (Å²) in [5.41, 5.74) is 0.616. The largest absolute Gasteiger partial charge is 0.290 e. The minimum atomic E-state index is -3.32. The van der Waals surface area contributed by atoms with Gasteiger partial charge in [0.15, 0.2) is 9.84 Å². The second-order valence-electron chi connectivity index (χ2n) is 3.03. The smallest absolute Gasteiger partial charge is 0.195 e. The summed E-state index contributed by atoms with van der Waals surface area (Å²) in [4.78, 5) is 4.02. The fraction of sp³-hybridized carbons (Fsp3) is 0.222. The molecule has 0 spiro atoms. The van der Waals surface area contributed by atoms with Gasteiger partial charge in [0.1, 0.15) is 10.7 Å². The van der Waals surface area contributed by atoms with Crippen LogP contribution < -0.4 is 0 Å². The lowest BCUT2D eigenvalue weighted by molar-refractivity contribution is 0.592. The summed E-state index contributed by atoms with van der Waals surface area (Å²) in [6.45, 7) is 0. The first-order chi connectivity index (χ1) is 7.15. The number of rotatable bonds is 3. The Morgan fingerprint density at radius 1 is 1.40 bits per heavy atom. The molecule has 0 saturated carbocycles. The number of alkyl halides is 1. The average molecular weight is 245 g/mol. The van der Waals surface area contributed by atoms with E-state index in [9.17, 15) is 8.42 Å². The van der Waals surface area contributed by atoms with Gasteiger partial charge in [-0.2, -0.15) is 0 Å². The van der Waals surface area contributed by atoms with E-state index < -0.39 is 9.84 Å². The van der Waals surface area contributed by atoms with Gasteiger partial charge in [-0.25, -0.2) is 13.4 Å². The Morgan fingerprint density at radius 3 is 2.93 bits per heavy atom. The molecule has 0 amide bonds. The Balaban J connectivity index is 2.66. The average Bonchev–Trinajstić information content (AvgIpc) is 2.64. The lowest BCUT2D eigenvalue weighted by Crippen LogP contribution is -2.11. The van der Waals surface area contributed by atoms with Gasteiger partial charge in [-0.1, -0.05) is 6.07 Å². The van der Waals surface area contributed by atoms with Crippen LogP contribution in [0, 0.1) is 0 Å². The highest BCUT2D eigenvalue weighted by Gasteiger charge is 2.16. The molecule has 0 saturated heterocycles. The fourth-order valence-corrected chi connectivity index (χ4v) is 3.14. The summed E-state index contributed by atoms with van der Waals surface area (Å²) in [5, 5.41) is 0.234. The standard InChI is InChI=1S/C9H9ClN2O2S/c10-4-7-15(13,14)9-3-1-2-8-11-5-6-12(8)9/h1-3,5-6H,4,7H2. The van der Waals surface area contributed by atoms with E-state index in [-0.39, 0.29) is 16.7 Å². The molecule has 6 heteroatoms. The third-order valence-corrected chi connectivity index (χ3v) is 4.18. The maximum absolute atomic E-state index is 11.8. The van der Waals surface area contributed by atoms with Crippen LogP contribution >= 0.6 is 11.6 Å². The predicted octanol–water partition coefficient (Wildman–Crippen LogP) is 1.35. The maximum atomic E-state index is 11.8. The highest BCUT2D eigenvalue weighted by Crippen LogP contribution is 2.13. The molecule has 2 rings (SSSR count). The van der Waals surface area contributed by atoms with Crippen molar-refractivity contribution < 1.29 is 8.42 Å². The maximum Gasteiger partial charge on any atom is 0.195 e. The van der Waals surface area contributed by atoms with Crippen LogP contribution in [0.2, 0.25) is 0 Å². The van der Waals surface area contributed by atoms with Crippen LogP contribution in [0.3, 0.4) is 0 Å². The van der Waals surface area contributed by atoms with Crippen molar-refractivity contribution in [1.82, 2.24) is 9.38 Å². The molecule has 4 nitrogen and oxygen atoms in total. The molecule has 2 heterocycles.